The minimum atomic E-state index is -0.652. The van der Waals surface area contributed by atoms with Gasteiger partial charge in [-0.25, -0.2) is 0 Å². The van der Waals surface area contributed by atoms with E-state index >= 15 is 0 Å². The lowest BCUT2D eigenvalue weighted by Crippen LogP contribution is -2.25. The normalized spacial score (nSPS) is 9.90. The number of hydrogen-bond donors (Lipinski definition) is 2. The molecule has 106 valence electrons. The molecular weight excluding hydrogens is 272 g/mol. The zero-order chi connectivity index (χ0) is 15.2. The molecule has 0 aromatic heterocycles. The molecule has 0 fully saturated rings. The number of azide groups is 1. The van der Waals surface area contributed by atoms with Crippen LogP contribution < -0.4 is 5.32 Å². The first-order valence-electron chi connectivity index (χ1n) is 6.19. The third-order valence-corrected chi connectivity index (χ3v) is 2.89. The van der Waals surface area contributed by atoms with Gasteiger partial charge >= 0.3 is 0 Å². The van der Waals surface area contributed by atoms with E-state index in [1.165, 1.54) is 6.07 Å². The van der Waals surface area contributed by atoms with Crippen molar-refractivity contribution in [3.05, 3.63) is 52.4 Å². The maximum Gasteiger partial charge on any atom is 0.255 e. The van der Waals surface area contributed by atoms with Gasteiger partial charge in [-0.3, -0.25) is 9.59 Å². The Morgan fingerprint density at radius 1 is 1.24 bits per heavy atom. The van der Waals surface area contributed by atoms with Crippen molar-refractivity contribution in [2.45, 2.75) is 6.42 Å². The standard InChI is InChI=1S/C14H12N4O3/c15-18-17-13(20)5-6-16-14(21)11-7-9-3-1-2-4-10(9)8-12(11)19/h1-4,7-8,19H,5-6H2,(H,16,21). The van der Waals surface area contributed by atoms with Gasteiger partial charge in [0.15, 0.2) is 0 Å². The van der Waals surface area contributed by atoms with E-state index in [4.69, 9.17) is 5.53 Å². The number of phenols is 1. The molecule has 2 rings (SSSR count). The van der Waals surface area contributed by atoms with Gasteiger partial charge in [-0.15, -0.1) is 0 Å². The van der Waals surface area contributed by atoms with Gasteiger partial charge in [0, 0.05) is 17.9 Å². The highest BCUT2D eigenvalue weighted by atomic mass is 16.3. The minimum absolute atomic E-state index is 0.0307. The van der Waals surface area contributed by atoms with Crippen molar-refractivity contribution >= 4 is 22.6 Å². The Morgan fingerprint density at radius 3 is 2.57 bits per heavy atom. The smallest absolute Gasteiger partial charge is 0.255 e. The first-order valence-corrected chi connectivity index (χ1v) is 6.19. The zero-order valence-electron chi connectivity index (χ0n) is 11.0. The molecule has 0 atom stereocenters. The fraction of sp³-hybridized carbons (Fsp3) is 0.143. The van der Waals surface area contributed by atoms with Crippen molar-refractivity contribution in [1.82, 2.24) is 5.32 Å². The Morgan fingerprint density at radius 2 is 1.90 bits per heavy atom. The molecular formula is C14H12N4O3. The molecule has 0 unspecified atom stereocenters. The second kappa shape index (κ2) is 6.40. The maximum absolute atomic E-state index is 12.0. The number of benzene rings is 2. The highest BCUT2D eigenvalue weighted by Crippen LogP contribution is 2.24. The van der Waals surface area contributed by atoms with Crippen LogP contribution in [-0.2, 0) is 4.79 Å². The largest absolute Gasteiger partial charge is 0.507 e. The van der Waals surface area contributed by atoms with Gasteiger partial charge in [-0.2, -0.15) is 0 Å². The summed E-state index contributed by atoms with van der Waals surface area (Å²) in [6, 6.07) is 10.4. The lowest BCUT2D eigenvalue weighted by Gasteiger charge is -2.07. The molecule has 7 nitrogen and oxygen atoms in total. The Hall–Kier alpha value is -3.05. The third-order valence-electron chi connectivity index (χ3n) is 2.89. The van der Waals surface area contributed by atoms with E-state index in [2.05, 4.69) is 15.3 Å². The topological polar surface area (TPSA) is 115 Å². The van der Waals surface area contributed by atoms with Crippen LogP contribution in [0.25, 0.3) is 21.2 Å². The van der Waals surface area contributed by atoms with Crippen LogP contribution in [0.4, 0.5) is 0 Å². The van der Waals surface area contributed by atoms with E-state index in [1.54, 1.807) is 6.07 Å². The molecule has 0 saturated heterocycles. The fourth-order valence-corrected chi connectivity index (χ4v) is 1.89. The van der Waals surface area contributed by atoms with E-state index in [-0.39, 0.29) is 24.3 Å². The van der Waals surface area contributed by atoms with Crippen LogP contribution >= 0.6 is 0 Å². The molecule has 0 radical (unpaired) electrons. The predicted octanol–water partition coefficient (Wildman–Crippen LogP) is 2.50. The average Bonchev–Trinajstić information content (AvgIpc) is 2.46. The first-order chi connectivity index (χ1) is 10.1. The van der Waals surface area contributed by atoms with Crippen molar-refractivity contribution in [3.8, 4) is 5.75 Å². The number of amides is 2. The van der Waals surface area contributed by atoms with Crippen LogP contribution in [-0.4, -0.2) is 23.5 Å². The van der Waals surface area contributed by atoms with Crippen molar-refractivity contribution in [3.63, 3.8) is 0 Å². The van der Waals surface area contributed by atoms with Gasteiger partial charge in [-0.1, -0.05) is 24.3 Å². The number of carbonyl (C=O) groups excluding carboxylic acids is 2. The summed E-state index contributed by atoms with van der Waals surface area (Å²) in [5, 5.41) is 16.9. The van der Waals surface area contributed by atoms with Crippen LogP contribution in [0.1, 0.15) is 16.8 Å². The summed E-state index contributed by atoms with van der Waals surface area (Å²) in [4.78, 5) is 25.3. The number of hydrogen-bond acceptors (Lipinski definition) is 3. The van der Waals surface area contributed by atoms with Gasteiger partial charge in [-0.05, 0) is 33.6 Å². The van der Waals surface area contributed by atoms with Gasteiger partial charge in [0.2, 0.25) is 5.91 Å². The van der Waals surface area contributed by atoms with E-state index in [0.717, 1.165) is 10.8 Å². The highest BCUT2D eigenvalue weighted by Gasteiger charge is 2.12. The Bertz CT molecular complexity index is 751. The lowest BCUT2D eigenvalue weighted by molar-refractivity contribution is -0.117. The Labute approximate surface area is 119 Å². The maximum atomic E-state index is 12.0. The summed E-state index contributed by atoms with van der Waals surface area (Å²) in [5.74, 6) is -1.28. The van der Waals surface area contributed by atoms with Crippen molar-refractivity contribution in [2.24, 2.45) is 5.11 Å². The molecule has 21 heavy (non-hydrogen) atoms. The highest BCUT2D eigenvalue weighted by molar-refractivity contribution is 6.01. The van der Waals surface area contributed by atoms with Crippen LogP contribution in [0.3, 0.4) is 0 Å². The number of aromatic hydroxyl groups is 1. The average molecular weight is 284 g/mol. The summed E-state index contributed by atoms with van der Waals surface area (Å²) in [6.45, 7) is 0.0307. The second-order valence-corrected chi connectivity index (χ2v) is 4.31. The molecule has 7 heteroatoms. The summed E-state index contributed by atoms with van der Waals surface area (Å²) < 4.78 is 0. The summed E-state index contributed by atoms with van der Waals surface area (Å²) in [7, 11) is 0. The van der Waals surface area contributed by atoms with Crippen LogP contribution in [0.2, 0.25) is 0 Å². The molecule has 2 N–H and O–H groups in total. The van der Waals surface area contributed by atoms with E-state index < -0.39 is 11.8 Å². The molecule has 0 aliphatic carbocycles. The molecule has 0 saturated carbocycles. The number of rotatable bonds is 4. The Balaban J connectivity index is 2.10. The third kappa shape index (κ3) is 3.49. The number of nitrogens with zero attached hydrogens (tertiary/aromatic N) is 3. The number of phenolic OH excluding ortho intramolecular Hbond substituents is 1. The quantitative estimate of drug-likeness (QED) is 0.510. The van der Waals surface area contributed by atoms with Gasteiger partial charge in [0.05, 0.1) is 5.56 Å². The first kappa shape index (κ1) is 14.4. The van der Waals surface area contributed by atoms with Crippen molar-refractivity contribution in [1.29, 1.82) is 0 Å². The minimum Gasteiger partial charge on any atom is -0.507 e. The zero-order valence-corrected chi connectivity index (χ0v) is 11.0. The van der Waals surface area contributed by atoms with Crippen molar-refractivity contribution in [2.75, 3.05) is 6.54 Å². The summed E-state index contributed by atoms with van der Waals surface area (Å²) >= 11 is 0. The number of nitrogens with one attached hydrogen (secondary N) is 1. The molecule has 0 aliphatic rings. The van der Waals surface area contributed by atoms with Gasteiger partial charge < -0.3 is 10.4 Å². The van der Waals surface area contributed by atoms with Crippen LogP contribution in [0.15, 0.2) is 41.5 Å². The molecule has 0 heterocycles. The Kier molecular flexibility index (Phi) is 4.38. The van der Waals surface area contributed by atoms with E-state index in [1.807, 2.05) is 24.3 Å². The van der Waals surface area contributed by atoms with Gasteiger partial charge in [0.1, 0.15) is 5.75 Å². The molecule has 0 bridgehead atoms. The van der Waals surface area contributed by atoms with E-state index in [9.17, 15) is 14.7 Å². The van der Waals surface area contributed by atoms with Crippen molar-refractivity contribution < 1.29 is 14.7 Å². The lowest BCUT2D eigenvalue weighted by atomic mass is 10.1. The predicted molar refractivity (Wildman–Crippen MR) is 76.7 cm³/mol. The molecule has 0 aliphatic heterocycles. The number of carbonyl (C=O) groups is 2. The summed E-state index contributed by atoms with van der Waals surface area (Å²) in [6.07, 6.45) is -0.0931. The monoisotopic (exact) mass is 284 g/mol. The fourth-order valence-electron chi connectivity index (χ4n) is 1.89. The summed E-state index contributed by atoms with van der Waals surface area (Å²) in [5.41, 5.74) is 8.21. The van der Waals surface area contributed by atoms with E-state index in [0.29, 0.717) is 0 Å². The number of fused-ring (bicyclic) bond motifs is 1. The van der Waals surface area contributed by atoms with Crippen LogP contribution in [0, 0.1) is 0 Å². The van der Waals surface area contributed by atoms with Gasteiger partial charge in [0.25, 0.3) is 5.91 Å². The van der Waals surface area contributed by atoms with Crippen LogP contribution in [0.5, 0.6) is 5.75 Å². The molecule has 2 aromatic rings. The molecule has 2 aromatic carbocycles. The SMILES string of the molecule is [N-]=[N+]=NC(=O)CCNC(=O)c1cc2ccccc2cc1O. The molecule has 0 spiro atoms. The molecule has 2 amide bonds. The second-order valence-electron chi connectivity index (χ2n) is 4.31.